The van der Waals surface area contributed by atoms with Crippen molar-refractivity contribution in [3.8, 4) is 0 Å². The van der Waals surface area contributed by atoms with E-state index in [1.165, 1.54) is 24.8 Å². The van der Waals surface area contributed by atoms with E-state index in [1.54, 1.807) is 0 Å². The molecule has 0 radical (unpaired) electrons. The molecule has 0 aromatic carbocycles. The van der Waals surface area contributed by atoms with Gasteiger partial charge >= 0.3 is 21.7 Å². The molecule has 0 aromatic heterocycles. The average Bonchev–Trinajstić information content (AvgIpc) is 2.34. The number of hydrogen-bond acceptors (Lipinski definition) is 0. The maximum atomic E-state index is 3.30. The number of hydrogen-bond donors (Lipinski definition) is 0. The van der Waals surface area contributed by atoms with E-state index in [0.29, 0.717) is 0 Å². The molecule has 1 aliphatic rings. The third kappa shape index (κ3) is 12.3. The van der Waals surface area contributed by atoms with Crippen molar-refractivity contribution in [1.82, 2.24) is 0 Å². The van der Waals surface area contributed by atoms with Gasteiger partial charge < -0.3 is 71.9 Å². The van der Waals surface area contributed by atoms with Crippen molar-refractivity contribution in [3.63, 3.8) is 0 Å². The van der Waals surface area contributed by atoms with E-state index in [2.05, 4.69) is 25.2 Å². The van der Waals surface area contributed by atoms with Gasteiger partial charge in [0.2, 0.25) is 0 Å². The van der Waals surface area contributed by atoms with Crippen LogP contribution in [-0.4, -0.2) is 0 Å². The third-order valence-electron chi connectivity index (χ3n) is 1.57. The Morgan fingerprint density at radius 1 is 1.31 bits per heavy atom. The molecule has 0 aromatic rings. The molecule has 0 N–H and O–H groups in total. The summed E-state index contributed by atoms with van der Waals surface area (Å²) in [7, 11) is 0. The third-order valence-corrected chi connectivity index (χ3v) is 1.57. The zero-order chi connectivity index (χ0) is 6.53. The Labute approximate surface area is 148 Å². The van der Waals surface area contributed by atoms with Crippen LogP contribution in [0.3, 0.4) is 0 Å². The Hall–Kier alpha value is 2.38. The summed E-state index contributed by atoms with van der Waals surface area (Å²) in [6.07, 6.45) is 12.5. The van der Waals surface area contributed by atoms with E-state index in [0.717, 1.165) is 6.42 Å². The van der Waals surface area contributed by atoms with Gasteiger partial charge in [-0.3, -0.25) is 6.08 Å². The molecule has 13 heavy (non-hydrogen) atoms. The van der Waals surface area contributed by atoms with Gasteiger partial charge in [0.1, 0.15) is 0 Å². The van der Waals surface area contributed by atoms with Gasteiger partial charge in [0.25, 0.3) is 0 Å². The molecular formula is C9H13I3Ti. The van der Waals surface area contributed by atoms with Crippen LogP contribution in [0, 0.1) is 6.08 Å². The molecule has 0 saturated carbocycles. The van der Waals surface area contributed by atoms with Gasteiger partial charge in [0, 0.05) is 0 Å². The molecule has 1 rings (SSSR count). The first-order valence-electron chi connectivity index (χ1n) is 3.69. The van der Waals surface area contributed by atoms with Gasteiger partial charge in [-0.05, 0) is 0 Å². The Morgan fingerprint density at radius 3 is 2.31 bits per heavy atom. The fourth-order valence-electron chi connectivity index (χ4n) is 0.989. The smallest absolute Gasteiger partial charge is 1.00 e. The van der Waals surface area contributed by atoms with E-state index >= 15 is 0 Å². The number of unbranched alkanes of at least 4 members (excludes halogenated alkanes) is 1. The van der Waals surface area contributed by atoms with Crippen molar-refractivity contribution in [2.75, 3.05) is 0 Å². The monoisotopic (exact) mass is 550 g/mol. The summed E-state index contributed by atoms with van der Waals surface area (Å²) in [5, 5.41) is 0. The van der Waals surface area contributed by atoms with Crippen LogP contribution in [0.4, 0.5) is 0 Å². The number of rotatable bonds is 3. The van der Waals surface area contributed by atoms with E-state index in [4.69, 9.17) is 0 Å². The molecule has 0 heterocycles. The molecule has 74 valence electrons. The quantitative estimate of drug-likeness (QED) is 0.187. The molecule has 4 heteroatoms. The summed E-state index contributed by atoms with van der Waals surface area (Å²) < 4.78 is 0. The largest absolute Gasteiger partial charge is 4.00 e. The molecule has 0 nitrogen and oxygen atoms in total. The summed E-state index contributed by atoms with van der Waals surface area (Å²) >= 11 is 0. The van der Waals surface area contributed by atoms with Crippen LogP contribution in [0.15, 0.2) is 17.7 Å². The zero-order valence-corrected chi connectivity index (χ0v) is 15.7. The summed E-state index contributed by atoms with van der Waals surface area (Å²) in [6, 6.07) is 0. The molecular weight excluding hydrogens is 537 g/mol. The van der Waals surface area contributed by atoms with Crippen LogP contribution >= 0.6 is 0 Å². The Kier molecular flexibility index (Phi) is 31.7. The standard InChI is InChI=1S/C9H13.3HI.Ti/c1-2-3-6-9-7-4-5-8-9;;;;/h4,7H,2-3,5-6H2,1H3;3*1H;/q-1;;;;+4/p-3. The Bertz CT molecular complexity index is 144. The minimum Gasteiger partial charge on any atom is -1.00 e. The van der Waals surface area contributed by atoms with Crippen LogP contribution in [0.1, 0.15) is 32.6 Å². The second-order valence-electron chi connectivity index (χ2n) is 2.41. The molecule has 0 fully saturated rings. The van der Waals surface area contributed by atoms with Gasteiger partial charge in [-0.15, -0.1) is 6.42 Å². The molecule has 0 saturated heterocycles. The molecule has 0 unspecified atom stereocenters. The van der Waals surface area contributed by atoms with Crippen LogP contribution < -0.4 is 71.9 Å². The summed E-state index contributed by atoms with van der Waals surface area (Å²) in [5.41, 5.74) is 1.41. The molecule has 1 aliphatic carbocycles. The van der Waals surface area contributed by atoms with Crippen LogP contribution in [0.25, 0.3) is 0 Å². The molecule has 0 amide bonds. The maximum absolute atomic E-state index is 3.30. The summed E-state index contributed by atoms with van der Waals surface area (Å²) in [4.78, 5) is 0. The summed E-state index contributed by atoms with van der Waals surface area (Å²) in [5.74, 6) is 0. The molecule has 0 atom stereocenters. The fraction of sp³-hybridized carbons (Fsp3) is 0.556. The van der Waals surface area contributed by atoms with Crippen molar-refractivity contribution < 1.29 is 93.6 Å². The van der Waals surface area contributed by atoms with E-state index in [1.807, 2.05) is 0 Å². The van der Waals surface area contributed by atoms with E-state index in [9.17, 15) is 0 Å². The molecule has 0 aliphatic heterocycles. The van der Waals surface area contributed by atoms with Crippen molar-refractivity contribution >= 4 is 0 Å². The van der Waals surface area contributed by atoms with Gasteiger partial charge in [0.05, 0.1) is 0 Å². The predicted octanol–water partition coefficient (Wildman–Crippen LogP) is -6.12. The van der Waals surface area contributed by atoms with Gasteiger partial charge in [-0.25, -0.2) is 11.6 Å². The first-order valence-corrected chi connectivity index (χ1v) is 3.69. The molecule has 0 spiro atoms. The second kappa shape index (κ2) is 16.8. The van der Waals surface area contributed by atoms with Crippen molar-refractivity contribution in [3.05, 3.63) is 23.8 Å². The van der Waals surface area contributed by atoms with Crippen molar-refractivity contribution in [2.45, 2.75) is 32.6 Å². The normalized spacial score (nSPS) is 11.3. The first kappa shape index (κ1) is 24.6. The first-order chi connectivity index (χ1) is 4.43. The van der Waals surface area contributed by atoms with Gasteiger partial charge in [0.15, 0.2) is 0 Å². The topological polar surface area (TPSA) is 0 Å². The number of allylic oxidation sites excluding steroid dienone is 4. The fourth-order valence-corrected chi connectivity index (χ4v) is 0.989. The predicted molar refractivity (Wildman–Crippen MR) is 40.0 cm³/mol. The van der Waals surface area contributed by atoms with Crippen LogP contribution in [0.2, 0.25) is 0 Å². The Balaban J connectivity index is -0.000000101. The molecule has 0 bridgehead atoms. The minimum atomic E-state index is 0. The minimum absolute atomic E-state index is 0. The number of halogens is 3. The van der Waals surface area contributed by atoms with Crippen molar-refractivity contribution in [2.24, 2.45) is 0 Å². The zero-order valence-electron chi connectivity index (χ0n) is 7.62. The SMILES string of the molecule is CCCCC1=[C-]CC=C1.[I-].[I-].[I-].[Ti+4]. The summed E-state index contributed by atoms with van der Waals surface area (Å²) in [6.45, 7) is 2.22. The Morgan fingerprint density at radius 2 is 1.92 bits per heavy atom. The second-order valence-corrected chi connectivity index (χ2v) is 2.41. The van der Waals surface area contributed by atoms with Crippen molar-refractivity contribution in [1.29, 1.82) is 0 Å². The average molecular weight is 550 g/mol. The maximum Gasteiger partial charge on any atom is 4.00 e. The van der Waals surface area contributed by atoms with Crippen LogP contribution in [-0.2, 0) is 21.7 Å². The van der Waals surface area contributed by atoms with Gasteiger partial charge in [-0.1, -0.05) is 26.2 Å². The van der Waals surface area contributed by atoms with E-state index in [-0.39, 0.29) is 93.6 Å². The van der Waals surface area contributed by atoms with Crippen LogP contribution in [0.5, 0.6) is 0 Å². The van der Waals surface area contributed by atoms with Gasteiger partial charge in [-0.2, -0.15) is 6.08 Å². The van der Waals surface area contributed by atoms with E-state index < -0.39 is 0 Å².